The van der Waals surface area contributed by atoms with E-state index in [0.29, 0.717) is 22.3 Å². The number of aryl methyl sites for hydroxylation is 1. The fourth-order valence-corrected chi connectivity index (χ4v) is 2.91. The third-order valence-electron chi connectivity index (χ3n) is 3.27. The fourth-order valence-electron chi connectivity index (χ4n) is 2.08. The molecule has 2 aromatic rings. The molecule has 114 valence electrons. The van der Waals surface area contributed by atoms with Crippen LogP contribution in [0.5, 0.6) is 0 Å². The Morgan fingerprint density at radius 1 is 1.41 bits per heavy atom. The highest BCUT2D eigenvalue weighted by molar-refractivity contribution is 7.15. The highest BCUT2D eigenvalue weighted by Gasteiger charge is 2.43. The number of hydrogen-bond acceptors (Lipinski definition) is 6. The van der Waals surface area contributed by atoms with E-state index in [1.165, 1.54) is 11.3 Å². The van der Waals surface area contributed by atoms with Crippen molar-refractivity contribution < 1.29 is 9.63 Å². The van der Waals surface area contributed by atoms with E-state index in [9.17, 15) is 4.79 Å². The smallest absolute Gasteiger partial charge is 0.273 e. The number of halogens is 1. The van der Waals surface area contributed by atoms with Crippen LogP contribution in [0.4, 0.5) is 5.13 Å². The van der Waals surface area contributed by atoms with E-state index in [0.717, 1.165) is 10.6 Å². The number of aromatic nitrogens is 2. The van der Waals surface area contributed by atoms with Gasteiger partial charge < -0.3 is 4.84 Å². The second-order valence-electron chi connectivity index (χ2n) is 5.10. The molecule has 0 aliphatic carbocycles. The molecule has 0 spiro atoms. The van der Waals surface area contributed by atoms with Crippen LogP contribution in [0.2, 0.25) is 5.02 Å². The van der Waals surface area contributed by atoms with E-state index in [2.05, 4.69) is 20.7 Å². The fraction of sp³-hybridized carbons (Fsp3) is 0.286. The number of carbonyl (C=O) groups excluding carboxylic acids is 1. The lowest BCUT2D eigenvalue weighted by Crippen LogP contribution is -2.40. The second kappa shape index (κ2) is 5.66. The molecule has 0 saturated carbocycles. The average molecular weight is 337 g/mol. The van der Waals surface area contributed by atoms with Gasteiger partial charge in [-0.25, -0.2) is 0 Å². The van der Waals surface area contributed by atoms with Crippen molar-refractivity contribution in [2.75, 3.05) is 5.32 Å². The first-order chi connectivity index (χ1) is 10.5. The van der Waals surface area contributed by atoms with Gasteiger partial charge in [-0.05, 0) is 19.9 Å². The average Bonchev–Trinajstić information content (AvgIpc) is 3.07. The molecule has 2 heterocycles. The summed E-state index contributed by atoms with van der Waals surface area (Å²) < 4.78 is 0. The topological polar surface area (TPSA) is 76.5 Å². The van der Waals surface area contributed by atoms with Gasteiger partial charge in [0.2, 0.25) is 10.7 Å². The van der Waals surface area contributed by atoms with Crippen molar-refractivity contribution in [3.63, 3.8) is 0 Å². The van der Waals surface area contributed by atoms with Crippen LogP contribution in [0.3, 0.4) is 0 Å². The van der Waals surface area contributed by atoms with Crippen molar-refractivity contribution in [3.8, 4) is 0 Å². The molecule has 1 N–H and O–H groups in total. The van der Waals surface area contributed by atoms with Gasteiger partial charge in [-0.2, -0.15) is 0 Å². The van der Waals surface area contributed by atoms with Gasteiger partial charge in [0.15, 0.2) is 0 Å². The Labute approximate surface area is 136 Å². The van der Waals surface area contributed by atoms with Gasteiger partial charge in [-0.1, -0.05) is 46.3 Å². The number of oxime groups is 1. The van der Waals surface area contributed by atoms with Crippen LogP contribution < -0.4 is 5.32 Å². The van der Waals surface area contributed by atoms with Gasteiger partial charge in [-0.15, -0.1) is 10.2 Å². The molecule has 1 aliphatic rings. The standard InChI is InChI=1S/C14H13ClN4O2S/c1-8-17-18-13(22-8)16-12(20)14(2)7-11(19-21-14)9-5-3-4-6-10(9)15/h3-6H,7H2,1-2H3,(H,16,18,20). The largest absolute Gasteiger partial charge is 0.379 e. The molecular weight excluding hydrogens is 324 g/mol. The van der Waals surface area contributed by atoms with Gasteiger partial charge in [0.1, 0.15) is 5.01 Å². The lowest BCUT2D eigenvalue weighted by atomic mass is 9.95. The quantitative estimate of drug-likeness (QED) is 0.934. The number of carbonyl (C=O) groups is 1. The van der Waals surface area contributed by atoms with Crippen molar-refractivity contribution in [3.05, 3.63) is 39.9 Å². The van der Waals surface area contributed by atoms with E-state index < -0.39 is 5.60 Å². The molecule has 8 heteroatoms. The number of nitrogens with zero attached hydrogens (tertiary/aromatic N) is 3. The van der Waals surface area contributed by atoms with Crippen molar-refractivity contribution in [1.82, 2.24) is 10.2 Å². The summed E-state index contributed by atoms with van der Waals surface area (Å²) in [6.45, 7) is 3.50. The molecule has 0 radical (unpaired) electrons. The van der Waals surface area contributed by atoms with E-state index in [-0.39, 0.29) is 5.91 Å². The van der Waals surface area contributed by atoms with Gasteiger partial charge in [-0.3, -0.25) is 10.1 Å². The monoisotopic (exact) mass is 336 g/mol. The minimum absolute atomic E-state index is 0.311. The lowest BCUT2D eigenvalue weighted by Gasteiger charge is -2.19. The zero-order valence-electron chi connectivity index (χ0n) is 12.0. The highest BCUT2D eigenvalue weighted by atomic mass is 35.5. The molecule has 3 rings (SSSR count). The van der Waals surface area contributed by atoms with Gasteiger partial charge in [0, 0.05) is 17.0 Å². The molecule has 1 aromatic carbocycles. The summed E-state index contributed by atoms with van der Waals surface area (Å²) in [6.07, 6.45) is 0.334. The summed E-state index contributed by atoms with van der Waals surface area (Å²) >= 11 is 7.46. The molecule has 1 aliphatic heterocycles. The second-order valence-corrected chi connectivity index (χ2v) is 6.69. The Hall–Kier alpha value is -1.99. The summed E-state index contributed by atoms with van der Waals surface area (Å²) in [5.41, 5.74) is 0.331. The number of anilines is 1. The summed E-state index contributed by atoms with van der Waals surface area (Å²) in [4.78, 5) is 17.8. The molecule has 0 bridgehead atoms. The predicted octanol–water partition coefficient (Wildman–Crippen LogP) is 3.02. The third-order valence-corrected chi connectivity index (χ3v) is 4.36. The van der Waals surface area contributed by atoms with Gasteiger partial charge in [0.25, 0.3) is 5.91 Å². The number of nitrogens with one attached hydrogen (secondary N) is 1. The molecule has 22 heavy (non-hydrogen) atoms. The van der Waals surface area contributed by atoms with E-state index in [4.69, 9.17) is 16.4 Å². The van der Waals surface area contributed by atoms with Crippen molar-refractivity contribution >= 4 is 39.7 Å². The first-order valence-electron chi connectivity index (χ1n) is 6.59. The predicted molar refractivity (Wildman–Crippen MR) is 85.4 cm³/mol. The van der Waals surface area contributed by atoms with Crippen molar-refractivity contribution in [2.24, 2.45) is 5.16 Å². The van der Waals surface area contributed by atoms with Crippen LogP contribution in [0.15, 0.2) is 29.4 Å². The molecule has 1 aromatic heterocycles. The number of hydrogen-bond donors (Lipinski definition) is 1. The lowest BCUT2D eigenvalue weighted by molar-refractivity contribution is -0.135. The first kappa shape index (κ1) is 14.9. The van der Waals surface area contributed by atoms with E-state index in [1.54, 1.807) is 13.0 Å². The van der Waals surface area contributed by atoms with Crippen LogP contribution in [0.25, 0.3) is 0 Å². The maximum absolute atomic E-state index is 12.4. The molecule has 0 saturated heterocycles. The molecule has 0 fully saturated rings. The maximum atomic E-state index is 12.4. The Bertz CT molecular complexity index is 761. The Morgan fingerprint density at radius 2 is 2.18 bits per heavy atom. The third kappa shape index (κ3) is 2.82. The van der Waals surface area contributed by atoms with Crippen molar-refractivity contribution in [2.45, 2.75) is 25.9 Å². The SMILES string of the molecule is Cc1nnc(NC(=O)C2(C)CC(c3ccccc3Cl)=NO2)s1. The van der Waals surface area contributed by atoms with Gasteiger partial charge >= 0.3 is 0 Å². The summed E-state index contributed by atoms with van der Waals surface area (Å²) in [6, 6.07) is 7.33. The van der Waals surface area contributed by atoms with E-state index in [1.807, 2.05) is 25.1 Å². The number of amides is 1. The van der Waals surface area contributed by atoms with Crippen LogP contribution in [0.1, 0.15) is 23.9 Å². The molecular formula is C14H13ClN4O2S. The summed E-state index contributed by atoms with van der Waals surface area (Å²) in [5.74, 6) is -0.311. The molecule has 6 nitrogen and oxygen atoms in total. The molecule has 1 atom stereocenters. The summed E-state index contributed by atoms with van der Waals surface area (Å²) in [5, 5.41) is 16.3. The zero-order valence-corrected chi connectivity index (χ0v) is 13.5. The Morgan fingerprint density at radius 3 is 2.86 bits per heavy atom. The first-order valence-corrected chi connectivity index (χ1v) is 7.79. The maximum Gasteiger partial charge on any atom is 0.273 e. The van der Waals surface area contributed by atoms with Crippen LogP contribution in [0, 0.1) is 6.92 Å². The number of benzene rings is 1. The summed E-state index contributed by atoms with van der Waals surface area (Å²) in [7, 11) is 0. The molecule has 1 unspecified atom stereocenters. The normalized spacial score (nSPS) is 20.4. The van der Waals surface area contributed by atoms with Crippen molar-refractivity contribution in [1.29, 1.82) is 0 Å². The Balaban J connectivity index is 1.74. The van der Waals surface area contributed by atoms with Crippen LogP contribution in [-0.4, -0.2) is 27.4 Å². The zero-order chi connectivity index (χ0) is 15.7. The van der Waals surface area contributed by atoms with E-state index >= 15 is 0 Å². The Kier molecular flexibility index (Phi) is 3.84. The van der Waals surface area contributed by atoms with Crippen LogP contribution in [-0.2, 0) is 9.63 Å². The minimum Gasteiger partial charge on any atom is -0.379 e. The number of rotatable bonds is 3. The minimum atomic E-state index is -1.09. The molecule has 1 amide bonds. The van der Waals surface area contributed by atoms with Gasteiger partial charge in [0.05, 0.1) is 5.71 Å². The van der Waals surface area contributed by atoms with Crippen LogP contribution >= 0.6 is 22.9 Å². The highest BCUT2D eigenvalue weighted by Crippen LogP contribution is 2.30.